The van der Waals surface area contributed by atoms with Crippen molar-refractivity contribution in [2.45, 2.75) is 37.0 Å². The molecule has 0 unspecified atom stereocenters. The van der Waals surface area contributed by atoms with Gasteiger partial charge >= 0.3 is 0 Å². The number of rotatable bonds is 2. The molecular formula is C24H23BrN6O2. The number of allylic oxidation sites excluding steroid dienone is 1. The highest BCUT2D eigenvalue weighted by atomic mass is 79.9. The van der Waals surface area contributed by atoms with E-state index >= 15 is 0 Å². The molecule has 2 aliphatic carbocycles. The largest absolute Gasteiger partial charge is 0.389 e. The summed E-state index contributed by atoms with van der Waals surface area (Å²) in [5.74, 6) is 0.972. The number of fused-ring (bicyclic) bond motifs is 2. The number of hydrogen-bond donors (Lipinski definition) is 4. The first-order valence-electron chi connectivity index (χ1n) is 10.8. The molecule has 3 heterocycles. The standard InChI is InChI=1S/C24H23BrN6O2/c25-16-7-13-2-1-12(8-17(13)30-22(16)27)14-3-5-24(9-14)10-18(19(32)20(24)33)31-6-4-15-21(26)28-11-29-23(15)31/h1-8,11,14,18-20,32-33H,9-10H2,(H2,27,30)(H2,26,28,29)/t14-,18-,19+,20+,24+/m1/s1. The average molecular weight is 507 g/mol. The first-order chi connectivity index (χ1) is 15.9. The minimum atomic E-state index is -0.921. The Morgan fingerprint density at radius 3 is 2.76 bits per heavy atom. The number of benzene rings is 1. The molecule has 5 atom stereocenters. The number of halogens is 1. The summed E-state index contributed by atoms with van der Waals surface area (Å²) in [5.41, 5.74) is 14.1. The molecule has 0 radical (unpaired) electrons. The average Bonchev–Trinajstić information content (AvgIpc) is 3.48. The van der Waals surface area contributed by atoms with Crippen LogP contribution in [0.4, 0.5) is 11.6 Å². The summed E-state index contributed by atoms with van der Waals surface area (Å²) in [6, 6.07) is 9.70. The third-order valence-corrected chi connectivity index (χ3v) is 7.94. The number of nitrogen functional groups attached to an aromatic ring is 2. The minimum Gasteiger partial charge on any atom is -0.389 e. The fourth-order valence-corrected chi connectivity index (χ4v) is 5.89. The lowest BCUT2D eigenvalue weighted by molar-refractivity contribution is -0.0129. The van der Waals surface area contributed by atoms with E-state index in [9.17, 15) is 10.2 Å². The molecule has 1 fully saturated rings. The Kier molecular flexibility index (Phi) is 4.52. The van der Waals surface area contributed by atoms with Crippen LogP contribution in [0.25, 0.3) is 21.9 Å². The van der Waals surface area contributed by atoms with Gasteiger partial charge in [0.15, 0.2) is 0 Å². The number of pyridine rings is 1. The molecule has 33 heavy (non-hydrogen) atoms. The molecule has 6 N–H and O–H groups in total. The van der Waals surface area contributed by atoms with Crippen molar-refractivity contribution in [3.63, 3.8) is 0 Å². The van der Waals surface area contributed by atoms with Gasteiger partial charge in [-0.2, -0.15) is 0 Å². The zero-order chi connectivity index (χ0) is 22.9. The first kappa shape index (κ1) is 20.6. The first-order valence-corrected chi connectivity index (χ1v) is 11.6. The third kappa shape index (κ3) is 3.07. The molecule has 1 aromatic carbocycles. The van der Waals surface area contributed by atoms with Crippen LogP contribution in [0.5, 0.6) is 0 Å². The molecule has 0 aliphatic heterocycles. The molecule has 8 nitrogen and oxygen atoms in total. The zero-order valence-electron chi connectivity index (χ0n) is 17.6. The van der Waals surface area contributed by atoms with E-state index < -0.39 is 17.6 Å². The molecule has 3 aromatic heterocycles. The second kappa shape index (κ2) is 7.24. The summed E-state index contributed by atoms with van der Waals surface area (Å²) in [5, 5.41) is 23.9. The van der Waals surface area contributed by atoms with Gasteiger partial charge in [0.25, 0.3) is 0 Å². The Balaban J connectivity index is 1.31. The third-order valence-electron chi connectivity index (χ3n) is 7.30. The molecule has 1 spiro atoms. The second-order valence-corrected chi connectivity index (χ2v) is 9.99. The van der Waals surface area contributed by atoms with Gasteiger partial charge in [-0.25, -0.2) is 15.0 Å². The monoisotopic (exact) mass is 506 g/mol. The predicted octanol–water partition coefficient (Wildman–Crippen LogP) is 3.30. The molecule has 6 rings (SSSR count). The molecule has 9 heteroatoms. The van der Waals surface area contributed by atoms with E-state index in [2.05, 4.69) is 55.2 Å². The van der Waals surface area contributed by atoms with Gasteiger partial charge in [-0.1, -0.05) is 24.3 Å². The maximum Gasteiger partial charge on any atom is 0.145 e. The van der Waals surface area contributed by atoms with Crippen LogP contribution in [0.2, 0.25) is 0 Å². The van der Waals surface area contributed by atoms with Gasteiger partial charge < -0.3 is 26.2 Å². The van der Waals surface area contributed by atoms with Crippen LogP contribution in [0.15, 0.2) is 59.5 Å². The van der Waals surface area contributed by atoms with E-state index in [1.54, 1.807) is 0 Å². The molecule has 1 saturated carbocycles. The number of hydrogen-bond acceptors (Lipinski definition) is 7. The number of nitrogens with two attached hydrogens (primary N) is 2. The number of anilines is 2. The Morgan fingerprint density at radius 1 is 1.06 bits per heavy atom. The number of aromatic nitrogens is 4. The topological polar surface area (TPSA) is 136 Å². The van der Waals surface area contributed by atoms with Crippen molar-refractivity contribution in [2.24, 2.45) is 5.41 Å². The fraction of sp³-hybridized carbons (Fsp3) is 0.292. The minimum absolute atomic E-state index is 0.112. The van der Waals surface area contributed by atoms with Gasteiger partial charge in [-0.15, -0.1) is 0 Å². The molecular weight excluding hydrogens is 484 g/mol. The number of aliphatic hydroxyl groups excluding tert-OH is 2. The summed E-state index contributed by atoms with van der Waals surface area (Å²) in [6.45, 7) is 0. The van der Waals surface area contributed by atoms with Gasteiger partial charge in [-0.05, 0) is 52.5 Å². The van der Waals surface area contributed by atoms with Crippen LogP contribution >= 0.6 is 15.9 Å². The summed E-state index contributed by atoms with van der Waals surface area (Å²) in [6.07, 6.45) is 7.00. The number of aliphatic hydroxyl groups is 2. The quantitative estimate of drug-likeness (QED) is 0.306. The van der Waals surface area contributed by atoms with E-state index in [0.717, 1.165) is 26.3 Å². The Hall–Kier alpha value is -3.01. The molecule has 2 aliphatic rings. The van der Waals surface area contributed by atoms with Gasteiger partial charge in [0.2, 0.25) is 0 Å². The molecule has 4 aromatic rings. The van der Waals surface area contributed by atoms with Gasteiger partial charge in [0, 0.05) is 22.9 Å². The summed E-state index contributed by atoms with van der Waals surface area (Å²) < 4.78 is 2.69. The Bertz CT molecular complexity index is 1440. The normalized spacial score (nSPS) is 29.1. The van der Waals surface area contributed by atoms with Crippen LogP contribution in [0.3, 0.4) is 0 Å². The van der Waals surface area contributed by atoms with Crippen LogP contribution < -0.4 is 11.5 Å². The highest BCUT2D eigenvalue weighted by molar-refractivity contribution is 9.10. The second-order valence-electron chi connectivity index (χ2n) is 9.14. The van der Waals surface area contributed by atoms with Crippen LogP contribution in [-0.4, -0.2) is 41.9 Å². The van der Waals surface area contributed by atoms with E-state index in [-0.39, 0.29) is 12.0 Å². The highest BCUT2D eigenvalue weighted by Gasteiger charge is 2.54. The van der Waals surface area contributed by atoms with Gasteiger partial charge in [-0.3, -0.25) is 0 Å². The van der Waals surface area contributed by atoms with Crippen LogP contribution in [-0.2, 0) is 0 Å². The van der Waals surface area contributed by atoms with Crippen molar-refractivity contribution in [2.75, 3.05) is 11.5 Å². The highest BCUT2D eigenvalue weighted by Crippen LogP contribution is 2.55. The maximum absolute atomic E-state index is 11.1. The molecule has 0 bridgehead atoms. The van der Waals surface area contributed by atoms with E-state index in [0.29, 0.717) is 30.1 Å². The van der Waals surface area contributed by atoms with E-state index in [1.165, 1.54) is 6.33 Å². The lowest BCUT2D eigenvalue weighted by atomic mass is 9.80. The van der Waals surface area contributed by atoms with Gasteiger partial charge in [0.05, 0.1) is 27.5 Å². The SMILES string of the molecule is Nc1nc2cc([C@@H]3C=C[C@]4(C3)C[C@@H](n3ccc5c(N)ncnc53)[C@H](O)[C@@H]4O)ccc2cc1Br. The predicted molar refractivity (Wildman–Crippen MR) is 130 cm³/mol. The van der Waals surface area contributed by atoms with Crippen molar-refractivity contribution in [3.8, 4) is 0 Å². The van der Waals surface area contributed by atoms with Crippen LogP contribution in [0.1, 0.15) is 30.4 Å². The van der Waals surface area contributed by atoms with Gasteiger partial charge in [0.1, 0.15) is 29.7 Å². The van der Waals surface area contributed by atoms with Crippen molar-refractivity contribution in [1.29, 1.82) is 0 Å². The van der Waals surface area contributed by atoms with Crippen molar-refractivity contribution < 1.29 is 10.2 Å². The lowest BCUT2D eigenvalue weighted by Gasteiger charge is -2.27. The zero-order valence-corrected chi connectivity index (χ0v) is 19.2. The van der Waals surface area contributed by atoms with Crippen molar-refractivity contribution in [1.82, 2.24) is 19.5 Å². The summed E-state index contributed by atoms with van der Waals surface area (Å²) >= 11 is 3.43. The lowest BCUT2D eigenvalue weighted by Crippen LogP contribution is -2.34. The smallest absolute Gasteiger partial charge is 0.145 e. The maximum atomic E-state index is 11.1. The molecule has 0 amide bonds. The van der Waals surface area contributed by atoms with Crippen LogP contribution in [0, 0.1) is 5.41 Å². The Morgan fingerprint density at radius 2 is 1.91 bits per heavy atom. The van der Waals surface area contributed by atoms with Crippen molar-refractivity contribution in [3.05, 3.63) is 65.0 Å². The van der Waals surface area contributed by atoms with E-state index in [4.69, 9.17) is 11.5 Å². The summed E-state index contributed by atoms with van der Waals surface area (Å²) in [7, 11) is 0. The molecule has 168 valence electrons. The summed E-state index contributed by atoms with van der Waals surface area (Å²) in [4.78, 5) is 12.9. The number of nitrogens with zero attached hydrogens (tertiary/aromatic N) is 4. The fourth-order valence-electron chi connectivity index (χ4n) is 5.56. The molecule has 0 saturated heterocycles. The van der Waals surface area contributed by atoms with E-state index in [1.807, 2.05) is 29.0 Å². The van der Waals surface area contributed by atoms with Crippen molar-refractivity contribution >= 4 is 49.5 Å². The Labute approximate surface area is 198 Å².